The maximum Gasteiger partial charge on any atom is 0.0372 e. The Hall–Kier alpha value is -1.02. The molecule has 1 aliphatic heterocycles. The van der Waals surface area contributed by atoms with Gasteiger partial charge >= 0.3 is 0 Å². The van der Waals surface area contributed by atoms with E-state index in [9.17, 15) is 0 Å². The van der Waals surface area contributed by atoms with Crippen LogP contribution in [0.25, 0.3) is 0 Å². The van der Waals surface area contributed by atoms with E-state index in [4.69, 9.17) is 0 Å². The molecule has 1 fully saturated rings. The molecule has 3 rings (SSSR count). The van der Waals surface area contributed by atoms with Gasteiger partial charge in [-0.2, -0.15) is 0 Å². The van der Waals surface area contributed by atoms with Gasteiger partial charge in [-0.3, -0.25) is 4.90 Å². The molecule has 0 spiro atoms. The Morgan fingerprint density at radius 2 is 2.05 bits per heavy atom. The van der Waals surface area contributed by atoms with E-state index in [1.807, 2.05) is 0 Å². The minimum absolute atomic E-state index is 0.833. The van der Waals surface area contributed by atoms with Crippen LogP contribution in [0.3, 0.4) is 0 Å². The molecule has 2 aliphatic rings. The van der Waals surface area contributed by atoms with Gasteiger partial charge in [-0.05, 0) is 49.4 Å². The van der Waals surface area contributed by atoms with E-state index in [1.165, 1.54) is 61.9 Å². The van der Waals surface area contributed by atoms with Crippen molar-refractivity contribution in [3.8, 4) is 0 Å². The van der Waals surface area contributed by atoms with Crippen molar-refractivity contribution >= 4 is 5.69 Å². The molecule has 2 heteroatoms. The second-order valence-electron chi connectivity index (χ2n) is 6.02. The molecule has 104 valence electrons. The Bertz CT molecular complexity index is 421. The molecule has 0 amide bonds. The lowest BCUT2D eigenvalue weighted by Gasteiger charge is -2.28. The molecule has 1 heterocycles. The number of fused-ring (bicyclic) bond motifs is 1. The Balaban J connectivity index is 1.71. The summed E-state index contributed by atoms with van der Waals surface area (Å²) in [7, 11) is 0. The third-order valence-electron chi connectivity index (χ3n) is 4.74. The van der Waals surface area contributed by atoms with Gasteiger partial charge in [-0.15, -0.1) is 0 Å². The van der Waals surface area contributed by atoms with Gasteiger partial charge in [-0.25, -0.2) is 0 Å². The van der Waals surface area contributed by atoms with Crippen molar-refractivity contribution < 1.29 is 0 Å². The first-order valence-electron chi connectivity index (χ1n) is 7.96. The van der Waals surface area contributed by atoms with Crippen LogP contribution < -0.4 is 5.32 Å². The summed E-state index contributed by atoms with van der Waals surface area (Å²) in [5, 5.41) is 3.50. The number of nitrogens with one attached hydrogen (secondary N) is 1. The second kappa shape index (κ2) is 5.96. The van der Waals surface area contributed by atoms with E-state index < -0.39 is 0 Å². The van der Waals surface area contributed by atoms with Gasteiger partial charge in [0.05, 0.1) is 0 Å². The van der Waals surface area contributed by atoms with Crippen LogP contribution >= 0.6 is 0 Å². The smallest absolute Gasteiger partial charge is 0.0372 e. The van der Waals surface area contributed by atoms with Crippen LogP contribution in [0.2, 0.25) is 0 Å². The summed E-state index contributed by atoms with van der Waals surface area (Å²) in [5.41, 5.74) is 4.38. The van der Waals surface area contributed by atoms with Crippen LogP contribution in [0.1, 0.15) is 50.2 Å². The van der Waals surface area contributed by atoms with E-state index in [2.05, 4.69) is 35.3 Å². The zero-order valence-electron chi connectivity index (χ0n) is 12.1. The van der Waals surface area contributed by atoms with Crippen LogP contribution in [-0.2, 0) is 13.0 Å². The van der Waals surface area contributed by atoms with Crippen molar-refractivity contribution in [2.24, 2.45) is 0 Å². The number of rotatable bonds is 4. The van der Waals surface area contributed by atoms with Gasteiger partial charge < -0.3 is 5.32 Å². The molecule has 1 N–H and O–H groups in total. The highest BCUT2D eigenvalue weighted by Crippen LogP contribution is 2.27. The molecule has 0 radical (unpaired) electrons. The average molecular weight is 258 g/mol. The number of hydrogen-bond donors (Lipinski definition) is 1. The van der Waals surface area contributed by atoms with Gasteiger partial charge in [0.15, 0.2) is 0 Å². The molecular formula is C17H26N2. The first-order valence-corrected chi connectivity index (χ1v) is 7.96. The minimum Gasteiger partial charge on any atom is -0.385 e. The zero-order chi connectivity index (χ0) is 13.1. The predicted molar refractivity (Wildman–Crippen MR) is 81.6 cm³/mol. The van der Waals surface area contributed by atoms with Crippen LogP contribution in [-0.4, -0.2) is 24.0 Å². The maximum absolute atomic E-state index is 3.50. The van der Waals surface area contributed by atoms with Gasteiger partial charge in [0.1, 0.15) is 0 Å². The summed E-state index contributed by atoms with van der Waals surface area (Å²) in [6, 6.07) is 7.86. The van der Waals surface area contributed by atoms with Gasteiger partial charge in [0, 0.05) is 24.8 Å². The van der Waals surface area contributed by atoms with Crippen LogP contribution in [0.5, 0.6) is 0 Å². The zero-order valence-corrected chi connectivity index (χ0v) is 12.1. The molecule has 1 saturated carbocycles. The summed E-state index contributed by atoms with van der Waals surface area (Å²) in [6.45, 7) is 5.75. The fourth-order valence-corrected chi connectivity index (χ4v) is 3.63. The first-order chi connectivity index (χ1) is 9.36. The SMILES string of the molecule is CCN(Cc1ccc2c(c1)CCCN2)C1CCCC1. The molecule has 1 aromatic rings. The second-order valence-corrected chi connectivity index (χ2v) is 6.02. The molecule has 0 atom stereocenters. The topological polar surface area (TPSA) is 15.3 Å². The fourth-order valence-electron chi connectivity index (χ4n) is 3.63. The quantitative estimate of drug-likeness (QED) is 0.883. The van der Waals surface area contributed by atoms with Gasteiger partial charge in [0.2, 0.25) is 0 Å². The molecule has 0 bridgehead atoms. The fraction of sp³-hybridized carbons (Fsp3) is 0.647. The Morgan fingerprint density at radius 3 is 2.84 bits per heavy atom. The van der Waals surface area contributed by atoms with Crippen molar-refractivity contribution in [2.45, 2.75) is 58.0 Å². The Morgan fingerprint density at radius 1 is 1.21 bits per heavy atom. The summed E-state index contributed by atoms with van der Waals surface area (Å²) < 4.78 is 0. The number of nitrogens with zero attached hydrogens (tertiary/aromatic N) is 1. The van der Waals surface area contributed by atoms with Crippen LogP contribution in [0, 0.1) is 0 Å². The number of hydrogen-bond acceptors (Lipinski definition) is 2. The molecule has 0 saturated heterocycles. The third-order valence-corrected chi connectivity index (χ3v) is 4.74. The lowest BCUT2D eigenvalue weighted by atomic mass is 10.0. The number of benzene rings is 1. The summed E-state index contributed by atoms with van der Waals surface area (Å²) in [5.74, 6) is 0. The highest BCUT2D eigenvalue weighted by molar-refractivity contribution is 5.54. The summed E-state index contributed by atoms with van der Waals surface area (Å²) in [6.07, 6.45) is 8.17. The van der Waals surface area contributed by atoms with Crippen molar-refractivity contribution in [2.75, 3.05) is 18.4 Å². The standard InChI is InChI=1S/C17H26N2/c1-2-19(16-7-3-4-8-16)13-14-9-10-17-15(12-14)6-5-11-18-17/h9-10,12,16,18H,2-8,11,13H2,1H3. The third kappa shape index (κ3) is 2.94. The lowest BCUT2D eigenvalue weighted by Crippen LogP contribution is -2.32. The van der Waals surface area contributed by atoms with Crippen molar-refractivity contribution in [3.05, 3.63) is 29.3 Å². The summed E-state index contributed by atoms with van der Waals surface area (Å²) in [4.78, 5) is 2.67. The van der Waals surface area contributed by atoms with Crippen molar-refractivity contribution in [1.29, 1.82) is 0 Å². The van der Waals surface area contributed by atoms with E-state index in [1.54, 1.807) is 0 Å². The van der Waals surface area contributed by atoms with E-state index in [-0.39, 0.29) is 0 Å². The van der Waals surface area contributed by atoms with Crippen molar-refractivity contribution in [1.82, 2.24) is 4.90 Å². The van der Waals surface area contributed by atoms with Gasteiger partial charge in [-0.1, -0.05) is 31.9 Å². The minimum atomic E-state index is 0.833. The molecule has 1 aromatic carbocycles. The number of aryl methyl sites for hydroxylation is 1. The van der Waals surface area contributed by atoms with E-state index >= 15 is 0 Å². The highest BCUT2D eigenvalue weighted by Gasteiger charge is 2.21. The first kappa shape index (κ1) is 13.0. The normalized spacial score (nSPS) is 19.5. The van der Waals surface area contributed by atoms with Gasteiger partial charge in [0.25, 0.3) is 0 Å². The average Bonchev–Trinajstić information content (AvgIpc) is 2.98. The van der Waals surface area contributed by atoms with Crippen LogP contribution in [0.15, 0.2) is 18.2 Å². The maximum atomic E-state index is 3.50. The van der Waals surface area contributed by atoms with E-state index in [0.717, 1.165) is 19.1 Å². The Labute approximate surface area is 117 Å². The molecule has 1 aliphatic carbocycles. The van der Waals surface area contributed by atoms with Crippen molar-refractivity contribution in [3.63, 3.8) is 0 Å². The van der Waals surface area contributed by atoms with E-state index in [0.29, 0.717) is 0 Å². The summed E-state index contributed by atoms with van der Waals surface area (Å²) >= 11 is 0. The highest BCUT2D eigenvalue weighted by atomic mass is 15.1. The molecule has 2 nitrogen and oxygen atoms in total. The Kier molecular flexibility index (Phi) is 4.07. The van der Waals surface area contributed by atoms with Crippen LogP contribution in [0.4, 0.5) is 5.69 Å². The number of anilines is 1. The largest absolute Gasteiger partial charge is 0.385 e. The molecule has 0 unspecified atom stereocenters. The lowest BCUT2D eigenvalue weighted by molar-refractivity contribution is 0.200. The molecule has 19 heavy (non-hydrogen) atoms. The monoisotopic (exact) mass is 258 g/mol. The predicted octanol–water partition coefficient (Wildman–Crippen LogP) is 3.81. The molecular weight excluding hydrogens is 232 g/mol. The molecule has 0 aromatic heterocycles.